The van der Waals surface area contributed by atoms with Crippen molar-refractivity contribution in [3.05, 3.63) is 77.9 Å². The predicted octanol–water partition coefficient (Wildman–Crippen LogP) is 4.03. The molecule has 3 fully saturated rings. The minimum atomic E-state index is -1.39. The first-order valence-electron chi connectivity index (χ1n) is 12.5. The number of nitrogens with zero attached hydrogens (tertiary/aromatic N) is 2. The van der Waals surface area contributed by atoms with Crippen LogP contribution in [0.2, 0.25) is 0 Å². The molecule has 7 nitrogen and oxygen atoms in total. The van der Waals surface area contributed by atoms with E-state index in [-0.39, 0.29) is 17.7 Å². The van der Waals surface area contributed by atoms with Crippen molar-refractivity contribution in [2.24, 2.45) is 17.3 Å². The summed E-state index contributed by atoms with van der Waals surface area (Å²) >= 11 is 0. The number of carbonyl (C=O) groups is 2. The van der Waals surface area contributed by atoms with Gasteiger partial charge in [0.25, 0.3) is 0 Å². The van der Waals surface area contributed by atoms with Gasteiger partial charge in [-0.3, -0.25) is 9.63 Å². The van der Waals surface area contributed by atoms with Crippen LogP contribution in [-0.4, -0.2) is 34.2 Å². The second-order valence-corrected chi connectivity index (χ2v) is 10.7. The van der Waals surface area contributed by atoms with E-state index < -0.39 is 34.6 Å². The monoisotopic (exact) mass is 484 g/mol. The summed E-state index contributed by atoms with van der Waals surface area (Å²) in [5, 5.41) is 22.7. The van der Waals surface area contributed by atoms with Crippen molar-refractivity contribution in [2.45, 2.75) is 56.5 Å². The molecular formula is C29H28N2O5. The number of ketones is 1. The Morgan fingerprint density at radius 1 is 1.08 bits per heavy atom. The number of benzene rings is 2. The third kappa shape index (κ3) is 2.86. The number of hydrogen-bond acceptors (Lipinski definition) is 7. The molecule has 1 saturated carbocycles. The summed E-state index contributed by atoms with van der Waals surface area (Å²) in [6, 6.07) is 18.7. The van der Waals surface area contributed by atoms with Crippen LogP contribution in [0.4, 0.5) is 5.69 Å². The van der Waals surface area contributed by atoms with E-state index in [9.17, 15) is 20.0 Å². The van der Waals surface area contributed by atoms with Crippen LogP contribution >= 0.6 is 0 Å². The van der Waals surface area contributed by atoms with Crippen molar-refractivity contribution in [1.29, 1.82) is 5.26 Å². The first-order valence-corrected chi connectivity index (χ1v) is 12.5. The van der Waals surface area contributed by atoms with Crippen molar-refractivity contribution in [2.75, 3.05) is 5.06 Å². The average molecular weight is 485 g/mol. The number of hydroxylamine groups is 1. The normalized spacial score (nSPS) is 39.0. The van der Waals surface area contributed by atoms with E-state index in [1.807, 2.05) is 49.4 Å². The van der Waals surface area contributed by atoms with Gasteiger partial charge in [0.05, 0.1) is 28.8 Å². The zero-order chi connectivity index (χ0) is 25.3. The molecule has 4 aliphatic rings. The highest BCUT2D eigenvalue weighted by atomic mass is 16.7. The van der Waals surface area contributed by atoms with E-state index in [0.29, 0.717) is 24.8 Å². The maximum atomic E-state index is 13.7. The molecule has 1 spiro atoms. The lowest BCUT2D eigenvalue weighted by Crippen LogP contribution is -2.57. The molecule has 2 aliphatic heterocycles. The number of ether oxygens (including phenoxy) is 1. The highest BCUT2D eigenvalue weighted by Gasteiger charge is 2.74. The average Bonchev–Trinajstić information content (AvgIpc) is 3.49. The topological polar surface area (TPSA) is 99.9 Å². The summed E-state index contributed by atoms with van der Waals surface area (Å²) in [7, 11) is 0. The Kier molecular flexibility index (Phi) is 4.95. The molecule has 2 aromatic rings. The molecule has 184 valence electrons. The molecule has 0 bridgehead atoms. The molecule has 1 N–H and O–H groups in total. The van der Waals surface area contributed by atoms with Gasteiger partial charge in [0.1, 0.15) is 11.7 Å². The maximum Gasteiger partial charge on any atom is 0.342 e. The molecule has 0 aromatic heterocycles. The van der Waals surface area contributed by atoms with Crippen LogP contribution in [0.25, 0.3) is 0 Å². The number of allylic oxidation sites excluding steroid dienone is 1. The van der Waals surface area contributed by atoms with Crippen LogP contribution in [0.1, 0.15) is 50.3 Å². The van der Waals surface area contributed by atoms with Crippen LogP contribution in [0, 0.1) is 28.6 Å². The summed E-state index contributed by atoms with van der Waals surface area (Å²) in [6.07, 6.45) is 3.76. The quantitative estimate of drug-likeness (QED) is 0.643. The molecular weight excluding hydrogens is 456 g/mol. The Balaban J connectivity index is 1.45. The lowest BCUT2D eigenvalue weighted by atomic mass is 9.63. The molecule has 2 saturated heterocycles. The number of rotatable bonds is 2. The van der Waals surface area contributed by atoms with Crippen LogP contribution in [0.5, 0.6) is 0 Å². The number of nitriles is 1. The molecule has 2 aromatic carbocycles. The van der Waals surface area contributed by atoms with Crippen molar-refractivity contribution in [3.8, 4) is 6.07 Å². The maximum absolute atomic E-state index is 13.7. The van der Waals surface area contributed by atoms with Gasteiger partial charge in [0, 0.05) is 12.3 Å². The molecule has 7 heteroatoms. The molecule has 2 aliphatic carbocycles. The Labute approximate surface area is 209 Å². The lowest BCUT2D eigenvalue weighted by Gasteiger charge is -2.43. The van der Waals surface area contributed by atoms with Gasteiger partial charge in [-0.05, 0) is 67.7 Å². The minimum absolute atomic E-state index is 0.187. The minimum Gasteiger partial charge on any atom is -0.459 e. The summed E-state index contributed by atoms with van der Waals surface area (Å²) in [5.74, 6) is -1.31. The van der Waals surface area contributed by atoms with Gasteiger partial charge in [-0.2, -0.15) is 5.26 Å². The lowest BCUT2D eigenvalue weighted by molar-refractivity contribution is -0.169. The fourth-order valence-electron chi connectivity index (χ4n) is 6.86. The summed E-state index contributed by atoms with van der Waals surface area (Å²) in [5.41, 5.74) is -1.70. The summed E-state index contributed by atoms with van der Waals surface area (Å²) in [4.78, 5) is 33.6. The molecule has 2 unspecified atom stereocenters. The number of carbonyl (C=O) groups excluding carboxylic acids is 2. The zero-order valence-electron chi connectivity index (χ0n) is 20.3. The first kappa shape index (κ1) is 23.0. The van der Waals surface area contributed by atoms with Crippen molar-refractivity contribution < 1.29 is 24.3 Å². The van der Waals surface area contributed by atoms with Crippen molar-refractivity contribution in [3.63, 3.8) is 0 Å². The second-order valence-electron chi connectivity index (χ2n) is 10.7. The van der Waals surface area contributed by atoms with Gasteiger partial charge in [-0.15, -0.1) is 0 Å². The highest BCUT2D eigenvalue weighted by Crippen LogP contribution is 2.61. The third-order valence-corrected chi connectivity index (χ3v) is 9.08. The fourth-order valence-corrected chi connectivity index (χ4v) is 6.86. The Hall–Kier alpha value is -3.47. The van der Waals surface area contributed by atoms with Crippen LogP contribution in [0.15, 0.2) is 66.7 Å². The largest absolute Gasteiger partial charge is 0.459 e. The van der Waals surface area contributed by atoms with E-state index in [1.54, 1.807) is 30.2 Å². The number of hydrogen-bond donors (Lipinski definition) is 1. The predicted molar refractivity (Wildman–Crippen MR) is 130 cm³/mol. The third-order valence-electron chi connectivity index (χ3n) is 9.08. The summed E-state index contributed by atoms with van der Waals surface area (Å²) < 4.78 is 6.03. The van der Waals surface area contributed by atoms with Crippen LogP contribution < -0.4 is 5.06 Å². The molecule has 0 radical (unpaired) electrons. The standard InChI is InChI=1S/C29H28N2O5/c1-18-8-13-22-25(27(2)24(32)14-15-29(18,27)34)35-26(33)28(22)16-23(20-11-9-19(17-30)10-12-20)31(36-28)21-6-4-3-5-7-21/h3-7,9-12,14-15,18,22-23,25,34H,8,13,16H2,1-2H3/t18-,22+,23?,25+,27-,28?,29+/m0/s1. The Morgan fingerprint density at radius 3 is 2.50 bits per heavy atom. The van der Waals surface area contributed by atoms with Crippen LogP contribution in [-0.2, 0) is 19.2 Å². The van der Waals surface area contributed by atoms with E-state index in [2.05, 4.69) is 6.07 Å². The summed E-state index contributed by atoms with van der Waals surface area (Å²) in [6.45, 7) is 3.67. The number of aliphatic hydroxyl groups is 1. The van der Waals surface area contributed by atoms with E-state index in [1.165, 1.54) is 6.08 Å². The van der Waals surface area contributed by atoms with Crippen molar-refractivity contribution in [1.82, 2.24) is 0 Å². The smallest absolute Gasteiger partial charge is 0.342 e. The number of esters is 1. The SMILES string of the molecule is C[C@H]1CC[C@@H]2[C@@H](OC(=O)C23CC(c2ccc(C#N)cc2)N(c2ccccc2)O3)[C@]2(C)C(=O)C=C[C@@]12O. The van der Waals surface area contributed by atoms with Gasteiger partial charge in [0.2, 0.25) is 5.60 Å². The number of para-hydroxylation sites is 1. The van der Waals surface area contributed by atoms with E-state index in [4.69, 9.17) is 9.57 Å². The Bertz CT molecular complexity index is 1300. The van der Waals surface area contributed by atoms with Crippen molar-refractivity contribution >= 4 is 17.4 Å². The second kappa shape index (κ2) is 7.76. The number of fused-ring (bicyclic) bond motifs is 4. The van der Waals surface area contributed by atoms with Gasteiger partial charge >= 0.3 is 5.97 Å². The first-order chi connectivity index (χ1) is 17.2. The van der Waals surface area contributed by atoms with E-state index >= 15 is 0 Å². The Morgan fingerprint density at radius 2 is 1.81 bits per heavy atom. The van der Waals surface area contributed by atoms with Gasteiger partial charge in [-0.1, -0.05) is 37.3 Å². The van der Waals surface area contributed by atoms with E-state index in [0.717, 1.165) is 11.3 Å². The molecule has 6 rings (SSSR count). The molecule has 0 amide bonds. The number of anilines is 1. The highest BCUT2D eigenvalue weighted by molar-refractivity contribution is 6.00. The van der Waals surface area contributed by atoms with Crippen LogP contribution in [0.3, 0.4) is 0 Å². The zero-order valence-corrected chi connectivity index (χ0v) is 20.3. The molecule has 36 heavy (non-hydrogen) atoms. The van der Waals surface area contributed by atoms with Gasteiger partial charge < -0.3 is 9.84 Å². The molecule has 2 heterocycles. The van der Waals surface area contributed by atoms with Gasteiger partial charge in [0.15, 0.2) is 5.78 Å². The van der Waals surface area contributed by atoms with Gasteiger partial charge in [-0.25, -0.2) is 9.86 Å². The fraction of sp³-hybridized carbons (Fsp3) is 0.414. The molecule has 7 atom stereocenters.